The first-order chi connectivity index (χ1) is 8.38. The van der Waals surface area contributed by atoms with Crippen LogP contribution in [0, 0.1) is 6.92 Å². The molecule has 6 heteroatoms. The summed E-state index contributed by atoms with van der Waals surface area (Å²) in [4.78, 5) is 15.9. The topological polar surface area (TPSA) is 30.0 Å². The molecule has 2 aromatic rings. The van der Waals surface area contributed by atoms with Gasteiger partial charge in [0.15, 0.2) is 0 Å². The molecular formula is C12H8F3NOS. The molecule has 0 aliphatic rings. The third-order valence-electron chi connectivity index (χ3n) is 2.30. The van der Waals surface area contributed by atoms with E-state index in [4.69, 9.17) is 0 Å². The highest BCUT2D eigenvalue weighted by Crippen LogP contribution is 2.30. The average molecular weight is 271 g/mol. The highest BCUT2D eigenvalue weighted by Gasteiger charge is 2.31. The van der Waals surface area contributed by atoms with Gasteiger partial charge >= 0.3 is 6.18 Å². The van der Waals surface area contributed by atoms with Crippen LogP contribution in [-0.4, -0.2) is 10.8 Å². The minimum Gasteiger partial charge on any atom is -0.287 e. The minimum absolute atomic E-state index is 0.00451. The van der Waals surface area contributed by atoms with Crippen LogP contribution in [0.4, 0.5) is 13.2 Å². The Morgan fingerprint density at radius 2 is 2.06 bits per heavy atom. The number of aryl methyl sites for hydroxylation is 1. The van der Waals surface area contributed by atoms with E-state index >= 15 is 0 Å². The summed E-state index contributed by atoms with van der Waals surface area (Å²) in [6.07, 6.45) is -4.45. The van der Waals surface area contributed by atoms with Crippen LogP contribution in [-0.2, 0) is 6.18 Å². The van der Waals surface area contributed by atoms with Crippen LogP contribution >= 0.6 is 11.3 Å². The molecule has 0 saturated heterocycles. The maximum Gasteiger partial charge on any atom is 0.416 e. The lowest BCUT2D eigenvalue weighted by Crippen LogP contribution is -2.08. The van der Waals surface area contributed by atoms with Crippen LogP contribution in [0.5, 0.6) is 0 Å². The second-order valence-corrected chi connectivity index (χ2v) is 4.72. The number of thiazole rings is 1. The van der Waals surface area contributed by atoms with Gasteiger partial charge in [-0.3, -0.25) is 4.79 Å². The van der Waals surface area contributed by atoms with Crippen LogP contribution in [0.1, 0.15) is 26.6 Å². The van der Waals surface area contributed by atoms with E-state index in [0.29, 0.717) is 5.01 Å². The Kier molecular flexibility index (Phi) is 3.21. The van der Waals surface area contributed by atoms with Gasteiger partial charge in [-0.05, 0) is 19.1 Å². The van der Waals surface area contributed by atoms with Crippen molar-refractivity contribution in [3.8, 4) is 0 Å². The molecule has 0 atom stereocenters. The summed E-state index contributed by atoms with van der Waals surface area (Å²) in [5, 5.41) is 2.24. The molecule has 1 heterocycles. The summed E-state index contributed by atoms with van der Waals surface area (Å²) in [5.74, 6) is -0.495. The predicted molar refractivity (Wildman–Crippen MR) is 61.7 cm³/mol. The highest BCUT2D eigenvalue weighted by molar-refractivity contribution is 7.09. The standard InChI is InChI=1S/C12H8F3NOS/c1-7-16-10(6-18-7)11(17)8-3-2-4-9(5-8)12(13,14)15/h2-6H,1H3. The summed E-state index contributed by atoms with van der Waals surface area (Å²) in [6, 6.07) is 4.35. The molecule has 0 unspecified atom stereocenters. The Bertz CT molecular complexity index is 589. The zero-order valence-electron chi connectivity index (χ0n) is 9.28. The molecule has 0 amide bonds. The molecule has 0 aliphatic carbocycles. The maximum atomic E-state index is 12.5. The fourth-order valence-corrected chi connectivity index (χ4v) is 2.05. The molecule has 0 aliphatic heterocycles. The summed E-state index contributed by atoms with van der Waals surface area (Å²) in [7, 11) is 0. The fourth-order valence-electron chi connectivity index (χ4n) is 1.45. The van der Waals surface area contributed by atoms with E-state index in [9.17, 15) is 18.0 Å². The Labute approximate surface area is 105 Å². The first-order valence-corrected chi connectivity index (χ1v) is 5.90. The summed E-state index contributed by atoms with van der Waals surface area (Å²) >= 11 is 1.28. The zero-order chi connectivity index (χ0) is 13.3. The minimum atomic E-state index is -4.45. The number of carbonyl (C=O) groups is 1. The van der Waals surface area contributed by atoms with Crippen molar-refractivity contribution in [2.75, 3.05) is 0 Å². The van der Waals surface area contributed by atoms with E-state index in [1.807, 2.05) is 0 Å². The van der Waals surface area contributed by atoms with Gasteiger partial charge in [-0.2, -0.15) is 13.2 Å². The van der Waals surface area contributed by atoms with Crippen molar-refractivity contribution in [2.45, 2.75) is 13.1 Å². The van der Waals surface area contributed by atoms with Crippen molar-refractivity contribution in [1.29, 1.82) is 0 Å². The van der Waals surface area contributed by atoms with Crippen LogP contribution in [0.25, 0.3) is 0 Å². The van der Waals surface area contributed by atoms with Crippen molar-refractivity contribution in [3.63, 3.8) is 0 Å². The number of ketones is 1. The van der Waals surface area contributed by atoms with Crippen molar-refractivity contribution < 1.29 is 18.0 Å². The second kappa shape index (κ2) is 4.53. The molecule has 0 fully saturated rings. The van der Waals surface area contributed by atoms with E-state index in [0.717, 1.165) is 12.1 Å². The van der Waals surface area contributed by atoms with Gasteiger partial charge in [0, 0.05) is 10.9 Å². The highest BCUT2D eigenvalue weighted by atomic mass is 32.1. The van der Waals surface area contributed by atoms with Crippen molar-refractivity contribution in [1.82, 2.24) is 4.98 Å². The number of hydrogen-bond donors (Lipinski definition) is 0. The van der Waals surface area contributed by atoms with Gasteiger partial charge < -0.3 is 0 Å². The number of hydrogen-bond acceptors (Lipinski definition) is 3. The molecule has 94 valence electrons. The quantitative estimate of drug-likeness (QED) is 0.779. The van der Waals surface area contributed by atoms with Crippen molar-refractivity contribution >= 4 is 17.1 Å². The van der Waals surface area contributed by atoms with Gasteiger partial charge in [0.2, 0.25) is 5.78 Å². The Morgan fingerprint density at radius 3 is 2.61 bits per heavy atom. The lowest BCUT2D eigenvalue weighted by atomic mass is 10.1. The third kappa shape index (κ3) is 2.59. The number of aromatic nitrogens is 1. The number of nitrogens with zero attached hydrogens (tertiary/aromatic N) is 1. The molecule has 0 bridgehead atoms. The predicted octanol–water partition coefficient (Wildman–Crippen LogP) is 3.70. The van der Waals surface area contributed by atoms with E-state index in [-0.39, 0.29) is 11.3 Å². The average Bonchev–Trinajstić information content (AvgIpc) is 2.74. The van der Waals surface area contributed by atoms with Crippen LogP contribution in [0.15, 0.2) is 29.6 Å². The second-order valence-electron chi connectivity index (χ2n) is 3.66. The van der Waals surface area contributed by atoms with Crippen LogP contribution in [0.3, 0.4) is 0 Å². The van der Waals surface area contributed by atoms with Gasteiger partial charge in [0.1, 0.15) is 5.69 Å². The number of benzene rings is 1. The SMILES string of the molecule is Cc1nc(C(=O)c2cccc(C(F)(F)F)c2)cs1. The van der Waals surface area contributed by atoms with E-state index in [1.165, 1.54) is 28.8 Å². The monoisotopic (exact) mass is 271 g/mol. The van der Waals surface area contributed by atoms with Gasteiger partial charge in [-0.25, -0.2) is 4.98 Å². The van der Waals surface area contributed by atoms with E-state index in [1.54, 1.807) is 6.92 Å². The molecule has 2 nitrogen and oxygen atoms in total. The summed E-state index contributed by atoms with van der Waals surface area (Å²) in [5.41, 5.74) is -0.660. The Morgan fingerprint density at radius 1 is 1.33 bits per heavy atom. The Hall–Kier alpha value is -1.69. The van der Waals surface area contributed by atoms with E-state index in [2.05, 4.69) is 4.98 Å². The molecule has 0 radical (unpaired) electrons. The molecule has 1 aromatic heterocycles. The molecule has 0 N–H and O–H groups in total. The van der Waals surface area contributed by atoms with Gasteiger partial charge in [0.25, 0.3) is 0 Å². The smallest absolute Gasteiger partial charge is 0.287 e. The first-order valence-electron chi connectivity index (χ1n) is 5.02. The summed E-state index contributed by atoms with van der Waals surface area (Å²) < 4.78 is 37.5. The largest absolute Gasteiger partial charge is 0.416 e. The van der Waals surface area contributed by atoms with E-state index < -0.39 is 17.5 Å². The van der Waals surface area contributed by atoms with Gasteiger partial charge in [-0.15, -0.1) is 11.3 Å². The third-order valence-corrected chi connectivity index (χ3v) is 3.08. The molecule has 1 aromatic carbocycles. The number of alkyl halides is 3. The Balaban J connectivity index is 2.37. The van der Waals surface area contributed by atoms with Crippen LogP contribution in [0.2, 0.25) is 0 Å². The summed E-state index contributed by atoms with van der Waals surface area (Å²) in [6.45, 7) is 1.73. The maximum absolute atomic E-state index is 12.5. The van der Waals surface area contributed by atoms with Gasteiger partial charge in [0.05, 0.1) is 10.6 Å². The lowest BCUT2D eigenvalue weighted by molar-refractivity contribution is -0.137. The molecular weight excluding hydrogens is 263 g/mol. The normalized spacial score (nSPS) is 11.6. The molecule has 2 rings (SSSR count). The molecule has 18 heavy (non-hydrogen) atoms. The van der Waals surface area contributed by atoms with Gasteiger partial charge in [-0.1, -0.05) is 12.1 Å². The molecule has 0 spiro atoms. The number of halogens is 3. The van der Waals surface area contributed by atoms with Crippen LogP contribution < -0.4 is 0 Å². The van der Waals surface area contributed by atoms with Crippen molar-refractivity contribution in [3.05, 3.63) is 51.5 Å². The lowest BCUT2D eigenvalue weighted by Gasteiger charge is -2.07. The first kappa shape index (κ1) is 12.8. The molecule has 0 saturated carbocycles. The fraction of sp³-hybridized carbons (Fsp3) is 0.167. The zero-order valence-corrected chi connectivity index (χ0v) is 10.1. The van der Waals surface area contributed by atoms with Crippen molar-refractivity contribution in [2.24, 2.45) is 0 Å². The number of rotatable bonds is 2. The number of carbonyl (C=O) groups excluding carboxylic acids is 1.